The van der Waals surface area contributed by atoms with E-state index in [1.54, 1.807) is 12.5 Å². The average Bonchev–Trinajstić information content (AvgIpc) is 3.43. The maximum Gasteiger partial charge on any atom is 0.251 e. The number of nitrogens with one attached hydrogen (secondary N) is 2. The minimum absolute atomic E-state index is 0.0359. The molecule has 1 amide bonds. The van der Waals surface area contributed by atoms with Gasteiger partial charge in [0, 0.05) is 23.8 Å². The van der Waals surface area contributed by atoms with Gasteiger partial charge < -0.3 is 20.1 Å². The van der Waals surface area contributed by atoms with Gasteiger partial charge in [-0.05, 0) is 83.4 Å². The van der Waals surface area contributed by atoms with E-state index < -0.39 is 0 Å². The number of fused-ring (bicyclic) bond motifs is 1. The van der Waals surface area contributed by atoms with Crippen LogP contribution in [0.25, 0.3) is 11.2 Å². The molecule has 1 aliphatic heterocycles. The van der Waals surface area contributed by atoms with Crippen LogP contribution in [0, 0.1) is 0 Å². The molecule has 0 saturated carbocycles. The molecule has 8 nitrogen and oxygen atoms in total. The summed E-state index contributed by atoms with van der Waals surface area (Å²) in [6.45, 7) is 8.49. The van der Waals surface area contributed by atoms with Gasteiger partial charge in [0.25, 0.3) is 5.91 Å². The molecule has 31 heavy (non-hydrogen) atoms. The molecule has 0 aliphatic carbocycles. The SMILES string of the molecule is CC(C)n1cnc2cnc(Nc3ccc(C(=O)NCCCCN4CCCC4)cc3)nc21. The first-order valence-corrected chi connectivity index (χ1v) is 11.2. The highest BCUT2D eigenvalue weighted by molar-refractivity contribution is 5.94. The van der Waals surface area contributed by atoms with Gasteiger partial charge in [-0.3, -0.25) is 4.79 Å². The summed E-state index contributed by atoms with van der Waals surface area (Å²) < 4.78 is 2.01. The van der Waals surface area contributed by atoms with Crippen LogP contribution >= 0.6 is 0 Å². The highest BCUT2D eigenvalue weighted by atomic mass is 16.1. The van der Waals surface area contributed by atoms with Crippen molar-refractivity contribution in [2.75, 3.05) is 31.5 Å². The fraction of sp³-hybridized carbons (Fsp3) is 0.478. The van der Waals surface area contributed by atoms with Crippen LogP contribution in [0.5, 0.6) is 0 Å². The Morgan fingerprint density at radius 3 is 2.61 bits per heavy atom. The molecule has 4 rings (SSSR count). The van der Waals surface area contributed by atoms with E-state index >= 15 is 0 Å². The minimum Gasteiger partial charge on any atom is -0.352 e. The van der Waals surface area contributed by atoms with Crippen LogP contribution in [-0.4, -0.2) is 56.5 Å². The number of rotatable bonds is 9. The zero-order valence-corrected chi connectivity index (χ0v) is 18.3. The van der Waals surface area contributed by atoms with Crippen molar-refractivity contribution >= 4 is 28.7 Å². The first-order chi connectivity index (χ1) is 15.1. The second kappa shape index (κ2) is 9.87. The molecule has 1 fully saturated rings. The van der Waals surface area contributed by atoms with Crippen molar-refractivity contribution in [1.29, 1.82) is 0 Å². The Morgan fingerprint density at radius 1 is 1.10 bits per heavy atom. The number of carbonyl (C=O) groups excluding carboxylic acids is 1. The number of unbranched alkanes of at least 4 members (excludes halogenated alkanes) is 1. The highest BCUT2D eigenvalue weighted by Gasteiger charge is 2.11. The number of nitrogens with zero attached hydrogens (tertiary/aromatic N) is 5. The fourth-order valence-corrected chi connectivity index (χ4v) is 3.87. The van der Waals surface area contributed by atoms with E-state index in [9.17, 15) is 4.79 Å². The van der Waals surface area contributed by atoms with Crippen LogP contribution in [-0.2, 0) is 0 Å². The second-order valence-electron chi connectivity index (χ2n) is 8.36. The molecule has 0 bridgehead atoms. The van der Waals surface area contributed by atoms with Crippen LogP contribution in [0.3, 0.4) is 0 Å². The third kappa shape index (κ3) is 5.38. The number of likely N-dealkylation sites (tertiary alicyclic amines) is 1. The van der Waals surface area contributed by atoms with Gasteiger partial charge in [-0.15, -0.1) is 0 Å². The Kier molecular flexibility index (Phi) is 6.76. The predicted molar refractivity (Wildman–Crippen MR) is 123 cm³/mol. The van der Waals surface area contributed by atoms with Crippen LogP contribution in [0.15, 0.2) is 36.8 Å². The lowest BCUT2D eigenvalue weighted by Crippen LogP contribution is -2.26. The zero-order chi connectivity index (χ0) is 21.6. The van der Waals surface area contributed by atoms with Gasteiger partial charge >= 0.3 is 0 Å². The van der Waals surface area contributed by atoms with E-state index in [1.165, 1.54) is 25.9 Å². The van der Waals surface area contributed by atoms with E-state index in [2.05, 4.69) is 44.3 Å². The van der Waals surface area contributed by atoms with E-state index in [1.807, 2.05) is 28.8 Å². The predicted octanol–water partition coefficient (Wildman–Crippen LogP) is 3.76. The largest absolute Gasteiger partial charge is 0.352 e. The van der Waals surface area contributed by atoms with E-state index in [-0.39, 0.29) is 11.9 Å². The number of benzene rings is 1. The summed E-state index contributed by atoms with van der Waals surface area (Å²) in [5, 5.41) is 6.22. The summed E-state index contributed by atoms with van der Waals surface area (Å²) >= 11 is 0. The molecule has 0 radical (unpaired) electrons. The lowest BCUT2D eigenvalue weighted by Gasteiger charge is -2.14. The van der Waals surface area contributed by atoms with Crippen molar-refractivity contribution in [2.24, 2.45) is 0 Å². The monoisotopic (exact) mass is 421 g/mol. The van der Waals surface area contributed by atoms with E-state index in [4.69, 9.17) is 0 Å². The molecule has 164 valence electrons. The quantitative estimate of drug-likeness (QED) is 0.512. The Labute approximate surface area is 183 Å². The minimum atomic E-state index is -0.0359. The van der Waals surface area contributed by atoms with Gasteiger partial charge in [-0.2, -0.15) is 4.98 Å². The summed E-state index contributed by atoms with van der Waals surface area (Å²) in [6, 6.07) is 7.65. The maximum absolute atomic E-state index is 12.4. The number of carbonyl (C=O) groups is 1. The molecule has 3 aromatic rings. The average molecular weight is 422 g/mol. The number of hydrogen-bond acceptors (Lipinski definition) is 6. The molecule has 0 spiro atoms. The van der Waals surface area contributed by atoms with Crippen molar-refractivity contribution in [1.82, 2.24) is 29.7 Å². The smallest absolute Gasteiger partial charge is 0.251 e. The maximum atomic E-state index is 12.4. The first-order valence-electron chi connectivity index (χ1n) is 11.2. The molecule has 1 aliphatic rings. The Morgan fingerprint density at radius 2 is 1.87 bits per heavy atom. The fourth-order valence-electron chi connectivity index (χ4n) is 3.87. The number of amides is 1. The van der Waals surface area contributed by atoms with Crippen LogP contribution in [0.1, 0.15) is 55.9 Å². The summed E-state index contributed by atoms with van der Waals surface area (Å²) in [5.41, 5.74) is 3.05. The third-order valence-electron chi connectivity index (χ3n) is 5.66. The van der Waals surface area contributed by atoms with E-state index in [0.29, 0.717) is 18.1 Å². The number of hydrogen-bond donors (Lipinski definition) is 2. The molecule has 1 saturated heterocycles. The highest BCUT2D eigenvalue weighted by Crippen LogP contribution is 2.19. The summed E-state index contributed by atoms with van der Waals surface area (Å²) in [4.78, 5) is 28.1. The lowest BCUT2D eigenvalue weighted by atomic mass is 10.2. The second-order valence-corrected chi connectivity index (χ2v) is 8.36. The van der Waals surface area contributed by atoms with Crippen molar-refractivity contribution < 1.29 is 4.79 Å². The van der Waals surface area contributed by atoms with Gasteiger partial charge in [-0.1, -0.05) is 0 Å². The molecule has 0 unspecified atom stereocenters. The molecular formula is C23H31N7O. The standard InChI is InChI=1S/C23H31N7O/c1-17(2)30-16-26-20-15-25-23(28-21(20)30)27-19-9-7-18(8-10-19)22(31)24-11-3-4-12-29-13-5-6-14-29/h7-10,15-17H,3-6,11-14H2,1-2H3,(H,24,31)(H,25,27,28). The Hall–Kier alpha value is -3.00. The summed E-state index contributed by atoms with van der Waals surface area (Å²) in [5.74, 6) is 0.469. The van der Waals surface area contributed by atoms with Crippen molar-refractivity contribution in [3.8, 4) is 0 Å². The number of anilines is 2. The molecule has 1 aromatic carbocycles. The third-order valence-corrected chi connectivity index (χ3v) is 5.66. The van der Waals surface area contributed by atoms with Gasteiger partial charge in [0.05, 0.1) is 12.5 Å². The van der Waals surface area contributed by atoms with Crippen molar-refractivity contribution in [3.63, 3.8) is 0 Å². The Balaban J connectivity index is 1.28. The molecule has 0 atom stereocenters. The van der Waals surface area contributed by atoms with Crippen LogP contribution < -0.4 is 10.6 Å². The molecule has 3 heterocycles. The first kappa shape index (κ1) is 21.2. The van der Waals surface area contributed by atoms with E-state index in [0.717, 1.165) is 36.2 Å². The topological polar surface area (TPSA) is 88.0 Å². The molecular weight excluding hydrogens is 390 g/mol. The molecule has 8 heteroatoms. The number of aromatic nitrogens is 4. The van der Waals surface area contributed by atoms with Gasteiger partial charge in [0.15, 0.2) is 5.65 Å². The summed E-state index contributed by atoms with van der Waals surface area (Å²) in [6.07, 6.45) is 8.29. The van der Waals surface area contributed by atoms with Gasteiger partial charge in [0.1, 0.15) is 5.52 Å². The van der Waals surface area contributed by atoms with Gasteiger partial charge in [0.2, 0.25) is 5.95 Å². The van der Waals surface area contributed by atoms with Crippen LogP contribution in [0.2, 0.25) is 0 Å². The lowest BCUT2D eigenvalue weighted by molar-refractivity contribution is 0.0952. The zero-order valence-electron chi connectivity index (χ0n) is 18.3. The normalized spacial score (nSPS) is 14.4. The van der Waals surface area contributed by atoms with Crippen LogP contribution in [0.4, 0.5) is 11.6 Å². The van der Waals surface area contributed by atoms with Crippen molar-refractivity contribution in [3.05, 3.63) is 42.4 Å². The number of imidazole rings is 1. The Bertz CT molecular complexity index is 1010. The molecule has 2 aromatic heterocycles. The van der Waals surface area contributed by atoms with Crippen molar-refractivity contribution in [2.45, 2.75) is 45.6 Å². The van der Waals surface area contributed by atoms with Gasteiger partial charge in [-0.25, -0.2) is 9.97 Å². The molecule has 2 N–H and O–H groups in total. The summed E-state index contributed by atoms with van der Waals surface area (Å²) in [7, 11) is 0.